The molecule has 3 heterocycles. The van der Waals surface area contributed by atoms with Gasteiger partial charge in [-0.3, -0.25) is 0 Å². The number of aromatic nitrogens is 5. The van der Waals surface area contributed by atoms with Crippen LogP contribution in [0, 0.1) is 18.7 Å². The number of rotatable bonds is 6. The van der Waals surface area contributed by atoms with Crippen LogP contribution in [0.5, 0.6) is 0 Å². The van der Waals surface area contributed by atoms with Crippen molar-refractivity contribution in [2.45, 2.75) is 35.8 Å². The van der Waals surface area contributed by atoms with Crippen LogP contribution in [0.2, 0.25) is 0 Å². The summed E-state index contributed by atoms with van der Waals surface area (Å²) in [6.07, 6.45) is 5.03. The van der Waals surface area contributed by atoms with Crippen molar-refractivity contribution in [3.8, 4) is 5.69 Å². The topological polar surface area (TPSA) is 78.1 Å². The van der Waals surface area contributed by atoms with Gasteiger partial charge in [-0.05, 0) is 78.8 Å². The molecule has 1 aliphatic carbocycles. The average molecular weight is 571 g/mol. The van der Waals surface area contributed by atoms with E-state index in [2.05, 4.69) is 58.6 Å². The van der Waals surface area contributed by atoms with Gasteiger partial charge in [-0.15, -0.1) is 5.10 Å². The molecular formula is C31H31FN6O2S. The van der Waals surface area contributed by atoms with Gasteiger partial charge in [-0.2, -0.15) is 15.0 Å². The van der Waals surface area contributed by atoms with E-state index < -0.39 is 16.6 Å². The molecule has 5 aromatic rings. The molecule has 0 spiro atoms. The number of ether oxygens (including phenoxy) is 1. The molecule has 0 amide bonds. The normalized spacial score (nSPS) is 25.1. The minimum atomic E-state index is -1.42. The molecule has 0 radical (unpaired) electrons. The monoisotopic (exact) mass is 570 g/mol. The number of nitrogens with zero attached hydrogens (tertiary/aromatic N) is 6. The molecule has 2 aromatic heterocycles. The SMILES string of the molecule is CO[C@@]1(c2ccccc2)C[C@H]2CN(S(=O)c3cnn(C)n3)C[C@@]2(c2cc3cnn(-c4ccc(F)cc4)c3cc2C)C1. The van der Waals surface area contributed by atoms with Crippen LogP contribution in [-0.4, -0.2) is 53.5 Å². The Balaban J connectivity index is 1.34. The number of hydrogen-bond donors (Lipinski definition) is 0. The molecule has 7 rings (SSSR count). The van der Waals surface area contributed by atoms with E-state index >= 15 is 0 Å². The second-order valence-corrected chi connectivity index (χ2v) is 12.7. The zero-order valence-corrected chi connectivity index (χ0v) is 24.0. The van der Waals surface area contributed by atoms with E-state index in [0.29, 0.717) is 18.1 Å². The first-order valence-electron chi connectivity index (χ1n) is 13.7. The van der Waals surface area contributed by atoms with Gasteiger partial charge in [0.15, 0.2) is 5.03 Å². The van der Waals surface area contributed by atoms with Gasteiger partial charge in [0.25, 0.3) is 0 Å². The third kappa shape index (κ3) is 4.15. The Hall–Kier alpha value is -3.73. The lowest BCUT2D eigenvalue weighted by Crippen LogP contribution is -2.37. The molecule has 1 aliphatic heterocycles. The van der Waals surface area contributed by atoms with E-state index in [1.165, 1.54) is 28.1 Å². The van der Waals surface area contributed by atoms with Gasteiger partial charge in [-0.25, -0.2) is 17.6 Å². The Labute approximate surface area is 240 Å². The highest BCUT2D eigenvalue weighted by Crippen LogP contribution is 2.60. The predicted octanol–water partition coefficient (Wildman–Crippen LogP) is 4.83. The predicted molar refractivity (Wildman–Crippen MR) is 154 cm³/mol. The largest absolute Gasteiger partial charge is 0.373 e. The summed E-state index contributed by atoms with van der Waals surface area (Å²) in [5.74, 6) is -0.0775. The molecule has 2 fully saturated rings. The van der Waals surface area contributed by atoms with Crippen molar-refractivity contribution in [3.05, 3.63) is 102 Å². The lowest BCUT2D eigenvalue weighted by Gasteiger charge is -2.35. The number of aryl methyl sites for hydroxylation is 2. The lowest BCUT2D eigenvalue weighted by molar-refractivity contribution is -0.0182. The summed E-state index contributed by atoms with van der Waals surface area (Å²) in [5.41, 5.74) is 4.54. The fraction of sp³-hybridized carbons (Fsp3) is 0.323. The third-order valence-electron chi connectivity index (χ3n) is 9.05. The summed E-state index contributed by atoms with van der Waals surface area (Å²) in [4.78, 5) is 1.45. The number of halogens is 1. The average Bonchev–Trinajstić information content (AvgIpc) is 3.75. The molecule has 0 N–H and O–H groups in total. The van der Waals surface area contributed by atoms with Gasteiger partial charge in [0.1, 0.15) is 16.8 Å². The maximum atomic E-state index is 13.7. The van der Waals surface area contributed by atoms with E-state index in [0.717, 1.165) is 35.0 Å². The van der Waals surface area contributed by atoms with Crippen molar-refractivity contribution >= 4 is 21.9 Å². The van der Waals surface area contributed by atoms with Crippen LogP contribution >= 0.6 is 0 Å². The highest BCUT2D eigenvalue weighted by atomic mass is 32.2. The van der Waals surface area contributed by atoms with Gasteiger partial charge in [-0.1, -0.05) is 30.3 Å². The van der Waals surface area contributed by atoms with Crippen LogP contribution < -0.4 is 0 Å². The summed E-state index contributed by atoms with van der Waals surface area (Å²) in [6.45, 7) is 3.41. The summed E-state index contributed by atoms with van der Waals surface area (Å²) in [6, 6.07) is 21.2. The molecular weight excluding hydrogens is 539 g/mol. The zero-order chi connectivity index (χ0) is 28.4. The number of hydrogen-bond acceptors (Lipinski definition) is 5. The zero-order valence-electron chi connectivity index (χ0n) is 23.2. The van der Waals surface area contributed by atoms with Crippen LogP contribution in [-0.2, 0) is 33.8 Å². The summed E-state index contributed by atoms with van der Waals surface area (Å²) in [7, 11) is 2.12. The van der Waals surface area contributed by atoms with Gasteiger partial charge in [0, 0.05) is 38.0 Å². The van der Waals surface area contributed by atoms with E-state index in [9.17, 15) is 8.60 Å². The van der Waals surface area contributed by atoms with Crippen molar-refractivity contribution in [2.75, 3.05) is 20.2 Å². The Morgan fingerprint density at radius 3 is 2.54 bits per heavy atom. The molecule has 4 atom stereocenters. The van der Waals surface area contributed by atoms with Crippen molar-refractivity contribution < 1.29 is 13.3 Å². The first kappa shape index (κ1) is 26.2. The first-order valence-corrected chi connectivity index (χ1v) is 14.8. The quantitative estimate of drug-likeness (QED) is 0.292. The second kappa shape index (κ2) is 9.68. The highest BCUT2D eigenvalue weighted by Gasteiger charge is 2.61. The van der Waals surface area contributed by atoms with Crippen molar-refractivity contribution in [3.63, 3.8) is 0 Å². The van der Waals surface area contributed by atoms with Crippen LogP contribution in [0.25, 0.3) is 16.6 Å². The maximum absolute atomic E-state index is 13.7. The summed E-state index contributed by atoms with van der Waals surface area (Å²) in [5, 5.41) is 14.6. The molecule has 1 unspecified atom stereocenters. The van der Waals surface area contributed by atoms with Crippen LogP contribution in [0.15, 0.2) is 84.1 Å². The number of fused-ring (bicyclic) bond motifs is 2. The van der Waals surface area contributed by atoms with Crippen LogP contribution in [0.1, 0.15) is 29.5 Å². The second-order valence-electron chi connectivity index (χ2n) is 11.3. The fourth-order valence-electron chi connectivity index (χ4n) is 7.17. The summed E-state index contributed by atoms with van der Waals surface area (Å²) >= 11 is 0. The minimum Gasteiger partial charge on any atom is -0.373 e. The van der Waals surface area contributed by atoms with Crippen LogP contribution in [0.4, 0.5) is 4.39 Å². The molecule has 1 saturated carbocycles. The first-order chi connectivity index (χ1) is 19.8. The van der Waals surface area contributed by atoms with Crippen molar-refractivity contribution in [1.82, 2.24) is 29.1 Å². The Morgan fingerprint density at radius 2 is 1.83 bits per heavy atom. The molecule has 41 heavy (non-hydrogen) atoms. The summed E-state index contributed by atoms with van der Waals surface area (Å²) < 4.78 is 37.6. The van der Waals surface area contributed by atoms with Gasteiger partial charge in [0.2, 0.25) is 0 Å². The van der Waals surface area contributed by atoms with Gasteiger partial charge < -0.3 is 4.74 Å². The molecule has 210 valence electrons. The van der Waals surface area contributed by atoms with Gasteiger partial charge in [0.05, 0.1) is 29.2 Å². The molecule has 8 nitrogen and oxygen atoms in total. The Morgan fingerprint density at radius 1 is 1.05 bits per heavy atom. The van der Waals surface area contributed by atoms with E-state index in [1.807, 2.05) is 21.3 Å². The molecule has 1 saturated heterocycles. The minimum absolute atomic E-state index is 0.201. The molecule has 0 bridgehead atoms. The maximum Gasteiger partial charge on any atom is 0.185 e. The highest BCUT2D eigenvalue weighted by molar-refractivity contribution is 7.82. The van der Waals surface area contributed by atoms with Crippen molar-refractivity contribution in [1.29, 1.82) is 0 Å². The standard InChI is InChI=1S/C31H31FN6O2S/c1-21-13-28-22(16-34-38(28)26-11-9-25(32)10-12-26)14-27(21)30-19-31(40-3,23-7-5-4-6-8-23)15-24(30)18-37(20-30)41(39)29-17-33-36(2)35-29/h4-14,16-17,24H,15,18-20H2,1-3H3/t24-,30-,31-,41?/m0/s1. The molecule has 2 aliphatic rings. The van der Waals surface area contributed by atoms with E-state index in [-0.39, 0.29) is 17.2 Å². The lowest BCUT2D eigenvalue weighted by atomic mass is 9.72. The van der Waals surface area contributed by atoms with E-state index in [4.69, 9.17) is 4.74 Å². The Bertz CT molecular complexity index is 1770. The van der Waals surface area contributed by atoms with Crippen molar-refractivity contribution in [2.24, 2.45) is 13.0 Å². The number of benzene rings is 3. The fourth-order valence-corrected chi connectivity index (χ4v) is 8.43. The smallest absolute Gasteiger partial charge is 0.185 e. The Kier molecular flexibility index (Phi) is 6.18. The molecule has 10 heteroatoms. The van der Waals surface area contributed by atoms with Gasteiger partial charge >= 0.3 is 0 Å². The molecule has 3 aromatic carbocycles. The number of methoxy groups -OCH3 is 1. The van der Waals surface area contributed by atoms with Crippen LogP contribution in [0.3, 0.4) is 0 Å². The third-order valence-corrected chi connectivity index (χ3v) is 10.3. The van der Waals surface area contributed by atoms with E-state index in [1.54, 1.807) is 32.5 Å².